The Labute approximate surface area is 204 Å². The van der Waals surface area contributed by atoms with Crippen molar-refractivity contribution in [2.24, 2.45) is 0 Å². The molecule has 7 nitrogen and oxygen atoms in total. The Morgan fingerprint density at radius 3 is 2.26 bits per heavy atom. The molecule has 0 atom stereocenters. The van der Waals surface area contributed by atoms with Crippen molar-refractivity contribution < 1.29 is 17.9 Å². The molecule has 0 saturated heterocycles. The quantitative estimate of drug-likeness (QED) is 0.361. The van der Waals surface area contributed by atoms with Gasteiger partial charge in [0.2, 0.25) is 10.0 Å². The Bertz CT molecular complexity index is 1380. The van der Waals surface area contributed by atoms with E-state index in [-0.39, 0.29) is 11.4 Å². The zero-order valence-electron chi connectivity index (χ0n) is 18.9. The van der Waals surface area contributed by atoms with Crippen LogP contribution in [0, 0.1) is 0 Å². The highest BCUT2D eigenvalue weighted by Crippen LogP contribution is 2.32. The van der Waals surface area contributed by atoms with Crippen LogP contribution >= 0.6 is 0 Å². The molecule has 1 amide bonds. The number of rotatable bonds is 9. The third kappa shape index (κ3) is 6.53. The van der Waals surface area contributed by atoms with Gasteiger partial charge in [-0.2, -0.15) is 0 Å². The molecule has 0 bridgehead atoms. The van der Waals surface area contributed by atoms with Crippen LogP contribution in [0.15, 0.2) is 108 Å². The molecule has 3 aromatic carbocycles. The molecule has 2 N–H and O–H groups in total. The van der Waals surface area contributed by atoms with Gasteiger partial charge in [-0.25, -0.2) is 17.9 Å². The molecule has 0 fully saturated rings. The zero-order valence-corrected chi connectivity index (χ0v) is 19.7. The summed E-state index contributed by atoms with van der Waals surface area (Å²) in [5, 5.41) is 2.74. The van der Waals surface area contributed by atoms with Crippen molar-refractivity contribution in [3.05, 3.63) is 115 Å². The van der Waals surface area contributed by atoms with E-state index in [1.54, 1.807) is 48.7 Å². The molecule has 0 aliphatic carbocycles. The van der Waals surface area contributed by atoms with Crippen LogP contribution in [0.4, 0.5) is 4.79 Å². The molecule has 8 heteroatoms. The molecule has 0 unspecified atom stereocenters. The lowest BCUT2D eigenvalue weighted by Gasteiger charge is -2.15. The molecule has 0 saturated carbocycles. The van der Waals surface area contributed by atoms with Crippen molar-refractivity contribution in [3.8, 4) is 16.9 Å². The molecular weight excluding hydrogens is 462 g/mol. The SMILES string of the molecule is O=C(NCCc1ccccn1)Oc1ccccc1-c1ccccc1CNS(=O)(=O)c1ccccc1. The number of benzene rings is 3. The minimum atomic E-state index is -3.67. The first-order valence-electron chi connectivity index (χ1n) is 11.1. The molecule has 4 rings (SSSR count). The topological polar surface area (TPSA) is 97.4 Å². The van der Waals surface area contributed by atoms with E-state index in [4.69, 9.17) is 4.74 Å². The van der Waals surface area contributed by atoms with Gasteiger partial charge in [-0.3, -0.25) is 4.98 Å². The Kier molecular flexibility index (Phi) is 7.87. The third-order valence-corrected chi connectivity index (χ3v) is 6.70. The van der Waals surface area contributed by atoms with Crippen molar-refractivity contribution >= 4 is 16.1 Å². The van der Waals surface area contributed by atoms with Crippen LogP contribution in [0.3, 0.4) is 0 Å². The highest BCUT2D eigenvalue weighted by Gasteiger charge is 2.16. The second kappa shape index (κ2) is 11.4. The number of nitrogens with one attached hydrogen (secondary N) is 2. The van der Waals surface area contributed by atoms with Crippen molar-refractivity contribution in [1.82, 2.24) is 15.0 Å². The second-order valence-corrected chi connectivity index (χ2v) is 9.45. The zero-order chi connectivity index (χ0) is 24.5. The normalized spacial score (nSPS) is 11.1. The smallest absolute Gasteiger partial charge is 0.410 e. The fourth-order valence-electron chi connectivity index (χ4n) is 3.55. The lowest BCUT2D eigenvalue weighted by molar-refractivity contribution is 0.201. The number of amides is 1. The van der Waals surface area contributed by atoms with Gasteiger partial charge in [0.25, 0.3) is 0 Å². The predicted molar refractivity (Wildman–Crippen MR) is 134 cm³/mol. The predicted octanol–water partition coefficient (Wildman–Crippen LogP) is 4.56. The van der Waals surface area contributed by atoms with Gasteiger partial charge in [0.1, 0.15) is 5.75 Å². The number of carbonyl (C=O) groups excluding carboxylic acids is 1. The molecule has 0 aliphatic heterocycles. The van der Waals surface area contributed by atoms with Crippen LogP contribution in [0.25, 0.3) is 11.1 Å². The fraction of sp³-hybridized carbons (Fsp3) is 0.111. The highest BCUT2D eigenvalue weighted by molar-refractivity contribution is 7.89. The maximum absolute atomic E-state index is 12.7. The Balaban J connectivity index is 1.47. The monoisotopic (exact) mass is 487 g/mol. The van der Waals surface area contributed by atoms with Crippen molar-refractivity contribution in [3.63, 3.8) is 0 Å². The maximum atomic E-state index is 12.7. The lowest BCUT2D eigenvalue weighted by atomic mass is 9.99. The van der Waals surface area contributed by atoms with Gasteiger partial charge in [-0.1, -0.05) is 66.7 Å². The van der Waals surface area contributed by atoms with E-state index < -0.39 is 16.1 Å². The lowest BCUT2D eigenvalue weighted by Crippen LogP contribution is -2.29. The summed E-state index contributed by atoms with van der Waals surface area (Å²) in [6, 6.07) is 28.4. The van der Waals surface area contributed by atoms with E-state index in [0.29, 0.717) is 24.3 Å². The molecule has 4 aromatic rings. The number of nitrogens with zero attached hydrogens (tertiary/aromatic N) is 1. The van der Waals surface area contributed by atoms with Crippen LogP contribution in [0.5, 0.6) is 5.75 Å². The summed E-state index contributed by atoms with van der Waals surface area (Å²) < 4.78 is 33.6. The van der Waals surface area contributed by atoms with Crippen LogP contribution in [-0.4, -0.2) is 26.0 Å². The van der Waals surface area contributed by atoms with Gasteiger partial charge in [-0.15, -0.1) is 0 Å². The largest absolute Gasteiger partial charge is 0.412 e. The van der Waals surface area contributed by atoms with Crippen molar-refractivity contribution in [1.29, 1.82) is 0 Å². The average molecular weight is 488 g/mol. The van der Waals surface area contributed by atoms with Crippen molar-refractivity contribution in [2.75, 3.05) is 6.54 Å². The van der Waals surface area contributed by atoms with Gasteiger partial charge < -0.3 is 10.1 Å². The first-order valence-corrected chi connectivity index (χ1v) is 12.6. The summed E-state index contributed by atoms with van der Waals surface area (Å²) in [5.41, 5.74) is 3.07. The number of carbonyl (C=O) groups is 1. The minimum Gasteiger partial charge on any atom is -0.410 e. The standard InChI is InChI=1S/C27H25N3O4S/c31-27(29-19-17-22-11-8-9-18-28-22)34-26-16-7-6-15-25(26)24-14-5-4-10-21(24)20-30-35(32,33)23-12-2-1-3-13-23/h1-16,18,30H,17,19-20H2,(H,29,31). The van der Waals surface area contributed by atoms with E-state index in [9.17, 15) is 13.2 Å². The first-order chi connectivity index (χ1) is 17.0. The number of hydrogen-bond acceptors (Lipinski definition) is 5. The van der Waals surface area contributed by atoms with E-state index in [2.05, 4.69) is 15.0 Å². The third-order valence-electron chi connectivity index (χ3n) is 5.28. The van der Waals surface area contributed by atoms with Crippen molar-refractivity contribution in [2.45, 2.75) is 17.9 Å². The first kappa shape index (κ1) is 24.1. The molecular formula is C27H25N3O4S. The van der Waals surface area contributed by atoms with E-state index in [1.807, 2.05) is 54.6 Å². The second-order valence-electron chi connectivity index (χ2n) is 7.68. The molecule has 0 spiro atoms. The molecule has 1 aromatic heterocycles. The number of hydrogen-bond donors (Lipinski definition) is 2. The van der Waals surface area contributed by atoms with Crippen LogP contribution < -0.4 is 14.8 Å². The highest BCUT2D eigenvalue weighted by atomic mass is 32.2. The molecule has 35 heavy (non-hydrogen) atoms. The number of para-hydroxylation sites is 1. The van der Waals surface area contributed by atoms with E-state index in [0.717, 1.165) is 16.8 Å². The summed E-state index contributed by atoms with van der Waals surface area (Å²) >= 11 is 0. The number of aromatic nitrogens is 1. The number of ether oxygens (including phenoxy) is 1. The molecule has 0 radical (unpaired) electrons. The van der Waals surface area contributed by atoms with Crippen LogP contribution in [-0.2, 0) is 23.0 Å². The molecule has 178 valence electrons. The summed E-state index contributed by atoms with van der Waals surface area (Å²) in [6.07, 6.45) is 1.72. The minimum absolute atomic E-state index is 0.0814. The molecule has 0 aliphatic rings. The van der Waals surface area contributed by atoms with E-state index >= 15 is 0 Å². The van der Waals surface area contributed by atoms with Crippen LogP contribution in [0.2, 0.25) is 0 Å². The van der Waals surface area contributed by atoms with E-state index in [1.165, 1.54) is 0 Å². The molecule has 1 heterocycles. The summed E-state index contributed by atoms with van der Waals surface area (Å²) in [6.45, 7) is 0.466. The van der Waals surface area contributed by atoms with Gasteiger partial charge in [0.15, 0.2) is 0 Å². The average Bonchev–Trinajstić information content (AvgIpc) is 2.89. The van der Waals surface area contributed by atoms with Gasteiger partial charge in [-0.05, 0) is 41.5 Å². The summed E-state index contributed by atoms with van der Waals surface area (Å²) in [7, 11) is -3.67. The maximum Gasteiger partial charge on any atom is 0.412 e. The number of pyridine rings is 1. The Hall–Kier alpha value is -4.01. The summed E-state index contributed by atoms with van der Waals surface area (Å²) in [4.78, 5) is 16.9. The van der Waals surface area contributed by atoms with Gasteiger partial charge in [0.05, 0.1) is 4.90 Å². The van der Waals surface area contributed by atoms with Gasteiger partial charge >= 0.3 is 6.09 Å². The van der Waals surface area contributed by atoms with Gasteiger partial charge in [0, 0.05) is 37.0 Å². The number of sulfonamides is 1. The Morgan fingerprint density at radius 2 is 1.49 bits per heavy atom. The van der Waals surface area contributed by atoms with Crippen LogP contribution in [0.1, 0.15) is 11.3 Å². The summed E-state index contributed by atoms with van der Waals surface area (Å²) in [5.74, 6) is 0.376. The Morgan fingerprint density at radius 1 is 0.800 bits per heavy atom. The fourth-order valence-corrected chi connectivity index (χ4v) is 4.57.